The number of anilines is 1. The molecule has 1 aromatic rings. The Labute approximate surface area is 96.2 Å². The normalized spacial score (nSPS) is 16.9. The number of hydrogen-bond acceptors (Lipinski definition) is 2. The molecule has 0 atom stereocenters. The Morgan fingerprint density at radius 1 is 1.25 bits per heavy atom. The molecule has 1 fully saturated rings. The summed E-state index contributed by atoms with van der Waals surface area (Å²) in [5.74, 6) is -0.185. The van der Waals surface area contributed by atoms with Gasteiger partial charge in [0, 0.05) is 24.3 Å². The fourth-order valence-electron chi connectivity index (χ4n) is 2.27. The van der Waals surface area contributed by atoms with E-state index in [0.29, 0.717) is 0 Å². The molecule has 2 N–H and O–H groups in total. The SMILES string of the molecule is CC(C)(N)c1ccc(F)cc1N1CCCC1. The lowest BCUT2D eigenvalue weighted by Crippen LogP contribution is -2.32. The molecule has 0 aliphatic carbocycles. The van der Waals surface area contributed by atoms with Crippen molar-refractivity contribution in [2.75, 3.05) is 18.0 Å². The van der Waals surface area contributed by atoms with Crippen LogP contribution in [0.4, 0.5) is 10.1 Å². The van der Waals surface area contributed by atoms with E-state index in [1.165, 1.54) is 18.9 Å². The standard InChI is InChI=1S/C13H19FN2/c1-13(2,15)11-6-5-10(14)9-12(11)16-7-3-4-8-16/h5-6,9H,3-4,7-8,15H2,1-2H3. The minimum atomic E-state index is -0.425. The van der Waals surface area contributed by atoms with Gasteiger partial charge in [0.25, 0.3) is 0 Å². The van der Waals surface area contributed by atoms with Crippen LogP contribution in [-0.2, 0) is 5.54 Å². The van der Waals surface area contributed by atoms with Crippen molar-refractivity contribution in [3.05, 3.63) is 29.6 Å². The second kappa shape index (κ2) is 4.06. The average Bonchev–Trinajstić information content (AvgIpc) is 2.68. The molecule has 0 amide bonds. The molecule has 0 saturated carbocycles. The number of rotatable bonds is 2. The fraction of sp³-hybridized carbons (Fsp3) is 0.538. The molecule has 88 valence electrons. The molecule has 1 heterocycles. The third-order valence-corrected chi connectivity index (χ3v) is 3.10. The highest BCUT2D eigenvalue weighted by molar-refractivity contribution is 5.57. The van der Waals surface area contributed by atoms with E-state index in [4.69, 9.17) is 5.73 Å². The van der Waals surface area contributed by atoms with E-state index in [1.807, 2.05) is 19.9 Å². The van der Waals surface area contributed by atoms with Crippen molar-refractivity contribution < 1.29 is 4.39 Å². The maximum atomic E-state index is 13.3. The molecule has 0 spiro atoms. The van der Waals surface area contributed by atoms with Crippen LogP contribution in [0.1, 0.15) is 32.3 Å². The Bertz CT molecular complexity index is 376. The van der Waals surface area contributed by atoms with Crippen LogP contribution in [0.2, 0.25) is 0 Å². The first-order chi connectivity index (χ1) is 7.48. The molecule has 0 unspecified atom stereocenters. The zero-order chi connectivity index (χ0) is 11.8. The molecule has 1 aliphatic rings. The van der Waals surface area contributed by atoms with Crippen LogP contribution in [0, 0.1) is 5.82 Å². The van der Waals surface area contributed by atoms with Crippen molar-refractivity contribution in [2.24, 2.45) is 5.73 Å². The second-order valence-electron chi connectivity index (χ2n) is 5.08. The van der Waals surface area contributed by atoms with E-state index in [1.54, 1.807) is 6.07 Å². The van der Waals surface area contributed by atoms with Gasteiger partial charge in [0.1, 0.15) is 5.82 Å². The molecule has 1 saturated heterocycles. The van der Waals surface area contributed by atoms with Gasteiger partial charge in [-0.05, 0) is 44.4 Å². The van der Waals surface area contributed by atoms with Crippen molar-refractivity contribution in [3.8, 4) is 0 Å². The van der Waals surface area contributed by atoms with Gasteiger partial charge >= 0.3 is 0 Å². The highest BCUT2D eigenvalue weighted by Crippen LogP contribution is 2.31. The molecule has 2 rings (SSSR count). The summed E-state index contributed by atoms with van der Waals surface area (Å²) in [6, 6.07) is 4.90. The van der Waals surface area contributed by atoms with Crippen molar-refractivity contribution in [2.45, 2.75) is 32.2 Å². The van der Waals surface area contributed by atoms with Gasteiger partial charge in [-0.15, -0.1) is 0 Å². The molecule has 16 heavy (non-hydrogen) atoms. The van der Waals surface area contributed by atoms with Gasteiger partial charge in [0.15, 0.2) is 0 Å². The summed E-state index contributed by atoms with van der Waals surface area (Å²) < 4.78 is 13.3. The first-order valence-electron chi connectivity index (χ1n) is 5.82. The van der Waals surface area contributed by atoms with Crippen LogP contribution < -0.4 is 10.6 Å². The van der Waals surface area contributed by atoms with E-state index >= 15 is 0 Å². The molecule has 0 radical (unpaired) electrons. The number of nitrogens with zero attached hydrogens (tertiary/aromatic N) is 1. The smallest absolute Gasteiger partial charge is 0.125 e. The maximum Gasteiger partial charge on any atom is 0.125 e. The minimum Gasteiger partial charge on any atom is -0.371 e. The lowest BCUT2D eigenvalue weighted by molar-refractivity contribution is 0.549. The van der Waals surface area contributed by atoms with E-state index in [0.717, 1.165) is 24.3 Å². The summed E-state index contributed by atoms with van der Waals surface area (Å²) in [7, 11) is 0. The summed E-state index contributed by atoms with van der Waals surface area (Å²) in [5.41, 5.74) is 7.69. The highest BCUT2D eigenvalue weighted by atomic mass is 19.1. The van der Waals surface area contributed by atoms with Gasteiger partial charge in [0.05, 0.1) is 0 Å². The van der Waals surface area contributed by atoms with Gasteiger partial charge < -0.3 is 10.6 Å². The van der Waals surface area contributed by atoms with Gasteiger partial charge in [-0.25, -0.2) is 4.39 Å². The van der Waals surface area contributed by atoms with Crippen molar-refractivity contribution >= 4 is 5.69 Å². The van der Waals surface area contributed by atoms with E-state index < -0.39 is 5.54 Å². The topological polar surface area (TPSA) is 29.3 Å². The van der Waals surface area contributed by atoms with E-state index in [-0.39, 0.29) is 5.82 Å². The van der Waals surface area contributed by atoms with Crippen molar-refractivity contribution in [3.63, 3.8) is 0 Å². The lowest BCUT2D eigenvalue weighted by Gasteiger charge is -2.28. The molecule has 0 aromatic heterocycles. The molecular formula is C13H19FN2. The van der Waals surface area contributed by atoms with E-state index in [2.05, 4.69) is 4.90 Å². The van der Waals surface area contributed by atoms with Gasteiger partial charge in [-0.2, -0.15) is 0 Å². The highest BCUT2D eigenvalue weighted by Gasteiger charge is 2.23. The Kier molecular flexibility index (Phi) is 2.89. The summed E-state index contributed by atoms with van der Waals surface area (Å²) in [6.45, 7) is 5.93. The summed E-state index contributed by atoms with van der Waals surface area (Å²) in [4.78, 5) is 2.23. The van der Waals surface area contributed by atoms with Crippen LogP contribution in [0.25, 0.3) is 0 Å². The fourth-order valence-corrected chi connectivity index (χ4v) is 2.27. The van der Waals surface area contributed by atoms with Gasteiger partial charge in [-0.1, -0.05) is 6.07 Å². The molecule has 1 aromatic carbocycles. The summed E-state index contributed by atoms with van der Waals surface area (Å²) in [6.07, 6.45) is 2.36. The Hall–Kier alpha value is -1.09. The third-order valence-electron chi connectivity index (χ3n) is 3.10. The van der Waals surface area contributed by atoms with Crippen LogP contribution in [0.3, 0.4) is 0 Å². The quantitative estimate of drug-likeness (QED) is 0.833. The first kappa shape index (κ1) is 11.4. The predicted molar refractivity (Wildman–Crippen MR) is 65.1 cm³/mol. The van der Waals surface area contributed by atoms with Gasteiger partial charge in [-0.3, -0.25) is 0 Å². The molecule has 1 aliphatic heterocycles. The second-order valence-corrected chi connectivity index (χ2v) is 5.08. The zero-order valence-electron chi connectivity index (χ0n) is 9.96. The minimum absolute atomic E-state index is 0.185. The Balaban J connectivity index is 2.43. The van der Waals surface area contributed by atoms with E-state index in [9.17, 15) is 4.39 Å². The summed E-state index contributed by atoms with van der Waals surface area (Å²) >= 11 is 0. The lowest BCUT2D eigenvalue weighted by atomic mass is 9.93. The van der Waals surface area contributed by atoms with Crippen LogP contribution in [0.15, 0.2) is 18.2 Å². The number of nitrogens with two attached hydrogens (primary N) is 1. The number of hydrogen-bond donors (Lipinski definition) is 1. The van der Waals surface area contributed by atoms with Crippen LogP contribution in [0.5, 0.6) is 0 Å². The summed E-state index contributed by atoms with van der Waals surface area (Å²) in [5, 5.41) is 0. The number of halogens is 1. The molecule has 3 heteroatoms. The van der Waals surface area contributed by atoms with Crippen molar-refractivity contribution in [1.82, 2.24) is 0 Å². The molecule has 0 bridgehead atoms. The largest absolute Gasteiger partial charge is 0.371 e. The first-order valence-corrected chi connectivity index (χ1v) is 5.82. The predicted octanol–water partition coefficient (Wildman–Crippen LogP) is 2.62. The number of benzene rings is 1. The molecular weight excluding hydrogens is 203 g/mol. The Morgan fingerprint density at radius 3 is 2.44 bits per heavy atom. The van der Waals surface area contributed by atoms with Crippen molar-refractivity contribution in [1.29, 1.82) is 0 Å². The monoisotopic (exact) mass is 222 g/mol. The van der Waals surface area contributed by atoms with Crippen LogP contribution >= 0.6 is 0 Å². The molecule has 2 nitrogen and oxygen atoms in total. The van der Waals surface area contributed by atoms with Crippen LogP contribution in [-0.4, -0.2) is 13.1 Å². The van der Waals surface area contributed by atoms with Gasteiger partial charge in [0.2, 0.25) is 0 Å². The Morgan fingerprint density at radius 2 is 1.88 bits per heavy atom. The maximum absolute atomic E-state index is 13.3. The zero-order valence-corrected chi connectivity index (χ0v) is 9.96. The third kappa shape index (κ3) is 2.19. The average molecular weight is 222 g/mol.